The molecule has 0 atom stereocenters. The highest BCUT2D eigenvalue weighted by Gasteiger charge is 2.23. The first-order valence-corrected chi connectivity index (χ1v) is 15.3. The number of rotatable bonds is 9. The molecule has 1 aliphatic heterocycles. The van der Waals surface area contributed by atoms with Crippen LogP contribution in [0.2, 0.25) is 0 Å². The zero-order chi connectivity index (χ0) is 29.1. The number of halogens is 2. The van der Waals surface area contributed by atoms with Gasteiger partial charge in [-0.3, -0.25) is 4.72 Å². The third kappa shape index (κ3) is 6.30. The summed E-state index contributed by atoms with van der Waals surface area (Å²) < 4.78 is 59.0. The molecule has 0 unspecified atom stereocenters. The second-order valence-electron chi connectivity index (χ2n) is 9.39. The molecule has 1 aliphatic rings. The third-order valence-corrected chi connectivity index (χ3v) is 9.18. The van der Waals surface area contributed by atoms with Crippen LogP contribution >= 0.6 is 11.3 Å². The molecule has 0 aliphatic carbocycles. The fraction of sp³-hybridized carbons (Fsp3) is 0.296. The summed E-state index contributed by atoms with van der Waals surface area (Å²) in [6, 6.07) is 11.1. The Bertz CT molecular complexity index is 1660. The quantitative estimate of drug-likeness (QED) is 0.255. The molecule has 1 saturated heterocycles. The van der Waals surface area contributed by atoms with Gasteiger partial charge in [-0.1, -0.05) is 13.0 Å². The van der Waals surface area contributed by atoms with Crippen molar-refractivity contribution in [3.8, 4) is 21.8 Å². The van der Waals surface area contributed by atoms with Gasteiger partial charge in [0.25, 0.3) is 0 Å². The Morgan fingerprint density at radius 3 is 2.63 bits per heavy atom. The Balaban J connectivity index is 1.43. The number of benzene rings is 2. The van der Waals surface area contributed by atoms with Gasteiger partial charge in [-0.25, -0.2) is 23.7 Å². The molecule has 14 heteroatoms. The van der Waals surface area contributed by atoms with E-state index in [-0.39, 0.29) is 29.6 Å². The summed E-state index contributed by atoms with van der Waals surface area (Å²) >= 11 is 1.32. The molecule has 216 valence electrons. The van der Waals surface area contributed by atoms with Crippen molar-refractivity contribution < 1.29 is 17.2 Å². The van der Waals surface area contributed by atoms with E-state index in [0.29, 0.717) is 32.6 Å². The van der Waals surface area contributed by atoms with Gasteiger partial charge in [-0.15, -0.1) is 11.3 Å². The van der Waals surface area contributed by atoms with Crippen LogP contribution < -0.4 is 20.3 Å². The maximum absolute atomic E-state index is 15.7. The summed E-state index contributed by atoms with van der Waals surface area (Å²) in [4.78, 5) is 16.0. The van der Waals surface area contributed by atoms with Crippen molar-refractivity contribution in [1.29, 1.82) is 0 Å². The van der Waals surface area contributed by atoms with Crippen molar-refractivity contribution in [1.82, 2.24) is 24.6 Å². The summed E-state index contributed by atoms with van der Waals surface area (Å²) in [5.41, 5.74) is 1.79. The summed E-state index contributed by atoms with van der Waals surface area (Å²) in [6.45, 7) is 6.77. The lowest BCUT2D eigenvalue weighted by Crippen LogP contribution is -2.43. The SMILES string of the molecule is CCN(C)S(=O)(=O)Nc1cccc(-c2nc(C)sc2-c2ccnc(Nc3ccc(N4CCNCC4)c(F)c3)n2)c1F. The van der Waals surface area contributed by atoms with Gasteiger partial charge >= 0.3 is 10.2 Å². The lowest BCUT2D eigenvalue weighted by molar-refractivity contribution is 0.491. The molecule has 0 spiro atoms. The maximum Gasteiger partial charge on any atom is 0.301 e. The first-order chi connectivity index (χ1) is 19.7. The minimum absolute atomic E-state index is 0.127. The molecule has 0 amide bonds. The number of piperazine rings is 1. The first kappa shape index (κ1) is 28.8. The van der Waals surface area contributed by atoms with Gasteiger partial charge in [0, 0.05) is 57.2 Å². The summed E-state index contributed by atoms with van der Waals surface area (Å²) in [6.07, 6.45) is 1.55. The molecule has 0 bridgehead atoms. The highest BCUT2D eigenvalue weighted by atomic mass is 32.2. The van der Waals surface area contributed by atoms with Gasteiger partial charge < -0.3 is 15.5 Å². The Morgan fingerprint density at radius 2 is 1.90 bits per heavy atom. The molecule has 3 N–H and O–H groups in total. The predicted molar refractivity (Wildman–Crippen MR) is 159 cm³/mol. The van der Waals surface area contributed by atoms with Crippen LogP contribution in [-0.4, -0.2) is 67.4 Å². The van der Waals surface area contributed by atoms with E-state index in [0.717, 1.165) is 30.5 Å². The minimum atomic E-state index is -3.93. The standard InChI is InChI=1S/C27H30F2N8O2S2/c1-4-36(3)41(38,39)35-21-7-5-6-19(24(21)29)25-26(40-17(2)32-25)22-10-11-31-27(34-22)33-18-8-9-23(20(28)16-18)37-14-12-30-13-15-37/h5-11,16,30,35H,4,12-15H2,1-3H3,(H,31,33,34). The molecular weight excluding hydrogens is 570 g/mol. The lowest BCUT2D eigenvalue weighted by Gasteiger charge is -2.29. The second kappa shape index (κ2) is 12.0. The molecular formula is C27H30F2N8O2S2. The third-order valence-electron chi connectivity index (χ3n) is 6.63. The highest BCUT2D eigenvalue weighted by molar-refractivity contribution is 7.90. The molecule has 2 aromatic carbocycles. The zero-order valence-corrected chi connectivity index (χ0v) is 24.4. The Hall–Kier alpha value is -3.72. The second-order valence-corrected chi connectivity index (χ2v) is 12.4. The van der Waals surface area contributed by atoms with Crippen LogP contribution in [0.4, 0.5) is 31.8 Å². The molecule has 0 radical (unpaired) electrons. The molecule has 0 saturated carbocycles. The van der Waals surface area contributed by atoms with Crippen LogP contribution in [0.3, 0.4) is 0 Å². The minimum Gasteiger partial charge on any atom is -0.367 e. The predicted octanol–water partition coefficient (Wildman–Crippen LogP) is 4.62. The van der Waals surface area contributed by atoms with Gasteiger partial charge in [0.15, 0.2) is 5.82 Å². The number of aromatic nitrogens is 3. The Kier molecular flexibility index (Phi) is 8.45. The number of hydrogen-bond acceptors (Lipinski definition) is 9. The fourth-order valence-electron chi connectivity index (χ4n) is 4.39. The van der Waals surface area contributed by atoms with Crippen LogP contribution in [0, 0.1) is 18.6 Å². The molecule has 5 rings (SSSR count). The first-order valence-electron chi connectivity index (χ1n) is 13.0. The summed E-state index contributed by atoms with van der Waals surface area (Å²) in [7, 11) is -2.52. The van der Waals surface area contributed by atoms with Crippen molar-refractivity contribution in [2.75, 3.05) is 54.7 Å². The van der Waals surface area contributed by atoms with Gasteiger partial charge in [0.05, 0.1) is 32.6 Å². The topological polar surface area (TPSA) is 115 Å². The van der Waals surface area contributed by atoms with Crippen LogP contribution in [0.5, 0.6) is 0 Å². The highest BCUT2D eigenvalue weighted by Crippen LogP contribution is 2.39. The molecule has 10 nitrogen and oxygen atoms in total. The molecule has 1 fully saturated rings. The van der Waals surface area contributed by atoms with E-state index in [1.807, 2.05) is 4.90 Å². The van der Waals surface area contributed by atoms with E-state index in [9.17, 15) is 12.8 Å². The van der Waals surface area contributed by atoms with E-state index < -0.39 is 16.0 Å². The fourth-order valence-corrected chi connectivity index (χ4v) is 6.22. The van der Waals surface area contributed by atoms with E-state index in [1.165, 1.54) is 36.6 Å². The number of anilines is 4. The van der Waals surface area contributed by atoms with Crippen molar-refractivity contribution in [3.63, 3.8) is 0 Å². The van der Waals surface area contributed by atoms with Crippen LogP contribution in [0.1, 0.15) is 11.9 Å². The number of nitrogens with zero attached hydrogens (tertiary/aromatic N) is 5. The Labute approximate surface area is 241 Å². The van der Waals surface area contributed by atoms with Crippen molar-refractivity contribution >= 4 is 44.6 Å². The van der Waals surface area contributed by atoms with E-state index in [2.05, 4.69) is 30.3 Å². The number of nitrogens with one attached hydrogen (secondary N) is 3. The van der Waals surface area contributed by atoms with Gasteiger partial charge in [0.1, 0.15) is 5.82 Å². The zero-order valence-electron chi connectivity index (χ0n) is 22.8. The summed E-state index contributed by atoms with van der Waals surface area (Å²) in [5.74, 6) is -0.859. The average molecular weight is 601 g/mol. The molecule has 2 aromatic heterocycles. The molecule has 3 heterocycles. The van der Waals surface area contributed by atoms with Gasteiger partial charge in [-0.05, 0) is 43.3 Å². The van der Waals surface area contributed by atoms with Crippen LogP contribution in [-0.2, 0) is 10.2 Å². The van der Waals surface area contributed by atoms with E-state index in [1.54, 1.807) is 44.3 Å². The summed E-state index contributed by atoms with van der Waals surface area (Å²) in [5, 5.41) is 6.98. The van der Waals surface area contributed by atoms with Gasteiger partial charge in [-0.2, -0.15) is 12.7 Å². The smallest absolute Gasteiger partial charge is 0.301 e. The van der Waals surface area contributed by atoms with Gasteiger partial charge in [0.2, 0.25) is 5.95 Å². The normalized spacial score (nSPS) is 14.0. The number of aryl methyl sites for hydroxylation is 1. The number of thiazole rings is 1. The van der Waals surface area contributed by atoms with E-state index in [4.69, 9.17) is 0 Å². The lowest BCUT2D eigenvalue weighted by atomic mass is 10.1. The van der Waals surface area contributed by atoms with Crippen LogP contribution in [0.25, 0.3) is 21.8 Å². The monoisotopic (exact) mass is 600 g/mol. The van der Waals surface area contributed by atoms with Crippen molar-refractivity contribution in [2.24, 2.45) is 0 Å². The molecule has 41 heavy (non-hydrogen) atoms. The van der Waals surface area contributed by atoms with Crippen molar-refractivity contribution in [3.05, 3.63) is 65.3 Å². The molecule has 4 aromatic rings. The number of hydrogen-bond donors (Lipinski definition) is 3. The average Bonchev–Trinajstić information content (AvgIpc) is 3.35. The van der Waals surface area contributed by atoms with E-state index >= 15 is 4.39 Å². The maximum atomic E-state index is 15.7. The van der Waals surface area contributed by atoms with Crippen LogP contribution in [0.15, 0.2) is 48.7 Å². The largest absolute Gasteiger partial charge is 0.367 e. The Morgan fingerprint density at radius 1 is 1.12 bits per heavy atom. The van der Waals surface area contributed by atoms with Crippen molar-refractivity contribution in [2.45, 2.75) is 13.8 Å².